The number of likely N-dealkylation sites (tertiary alicyclic amines) is 1. The smallest absolute Gasteiger partial charge is 0.224 e. The Kier molecular flexibility index (Phi) is 6.14. The Labute approximate surface area is 180 Å². The highest BCUT2D eigenvalue weighted by atomic mass is 16.5. The van der Waals surface area contributed by atoms with Gasteiger partial charge in [0.15, 0.2) is 0 Å². The molecule has 4 nitrogen and oxygen atoms in total. The lowest BCUT2D eigenvalue weighted by molar-refractivity contribution is -0.914. The van der Waals surface area contributed by atoms with E-state index in [0.717, 1.165) is 41.9 Å². The van der Waals surface area contributed by atoms with E-state index in [2.05, 4.69) is 50.5 Å². The van der Waals surface area contributed by atoms with Crippen molar-refractivity contribution in [3.8, 4) is 5.75 Å². The number of anilines is 1. The van der Waals surface area contributed by atoms with Crippen molar-refractivity contribution >= 4 is 11.6 Å². The lowest BCUT2D eigenvalue weighted by Crippen LogP contribution is -2.50. The van der Waals surface area contributed by atoms with Crippen LogP contribution in [0.3, 0.4) is 0 Å². The molecule has 2 heterocycles. The Morgan fingerprint density at radius 1 is 1.10 bits per heavy atom. The summed E-state index contributed by atoms with van der Waals surface area (Å²) in [6.45, 7) is 8.85. The summed E-state index contributed by atoms with van der Waals surface area (Å²) in [6, 6.07) is 12.8. The Balaban J connectivity index is 1.24. The zero-order chi connectivity index (χ0) is 21.1. The van der Waals surface area contributed by atoms with Crippen LogP contribution in [0.1, 0.15) is 53.9 Å². The fourth-order valence-corrected chi connectivity index (χ4v) is 5.02. The van der Waals surface area contributed by atoms with Gasteiger partial charge in [-0.25, -0.2) is 0 Å². The van der Waals surface area contributed by atoms with E-state index < -0.39 is 0 Å². The van der Waals surface area contributed by atoms with Crippen LogP contribution < -0.4 is 10.1 Å². The van der Waals surface area contributed by atoms with E-state index in [0.29, 0.717) is 12.3 Å². The van der Waals surface area contributed by atoms with Crippen molar-refractivity contribution in [2.75, 3.05) is 38.6 Å². The average molecular weight is 408 g/mol. The average Bonchev–Trinajstić information content (AvgIpc) is 2.74. The first-order valence-electron chi connectivity index (χ1n) is 11.4. The minimum atomic E-state index is 0.0985. The van der Waals surface area contributed by atoms with Crippen LogP contribution in [0.4, 0.5) is 5.69 Å². The molecule has 0 unspecified atom stereocenters. The Morgan fingerprint density at radius 2 is 1.90 bits per heavy atom. The van der Waals surface area contributed by atoms with Gasteiger partial charge in [0, 0.05) is 37.4 Å². The van der Waals surface area contributed by atoms with Crippen molar-refractivity contribution in [3.63, 3.8) is 0 Å². The summed E-state index contributed by atoms with van der Waals surface area (Å²) in [5.41, 5.74) is 6.56. The summed E-state index contributed by atoms with van der Waals surface area (Å²) in [4.78, 5) is 11.6. The minimum Gasteiger partial charge on any atom is -0.493 e. The highest BCUT2D eigenvalue weighted by Crippen LogP contribution is 2.33. The van der Waals surface area contributed by atoms with Gasteiger partial charge in [0.1, 0.15) is 5.75 Å². The first kappa shape index (κ1) is 20.9. The Hall–Kier alpha value is -2.33. The summed E-state index contributed by atoms with van der Waals surface area (Å²) in [5, 5.41) is 2.95. The molecule has 1 amide bonds. The summed E-state index contributed by atoms with van der Waals surface area (Å²) < 4.78 is 7.15. The second-order valence-electron chi connectivity index (χ2n) is 9.42. The molecule has 0 aromatic heterocycles. The first-order valence-corrected chi connectivity index (χ1v) is 11.4. The monoisotopic (exact) mass is 407 g/mol. The quantitative estimate of drug-likeness (QED) is 0.542. The van der Waals surface area contributed by atoms with Crippen LogP contribution in [0.25, 0.3) is 0 Å². The van der Waals surface area contributed by atoms with Crippen LogP contribution in [0.15, 0.2) is 36.4 Å². The number of amides is 1. The first-order chi connectivity index (χ1) is 14.4. The van der Waals surface area contributed by atoms with E-state index in [-0.39, 0.29) is 5.91 Å². The fourth-order valence-electron chi connectivity index (χ4n) is 5.02. The van der Waals surface area contributed by atoms with E-state index in [1.54, 1.807) is 5.56 Å². The third-order valence-corrected chi connectivity index (χ3v) is 7.21. The topological polar surface area (TPSA) is 38.3 Å². The molecule has 2 aliphatic rings. The van der Waals surface area contributed by atoms with Crippen molar-refractivity contribution in [1.82, 2.24) is 0 Å². The number of benzene rings is 2. The van der Waals surface area contributed by atoms with Gasteiger partial charge in [-0.2, -0.15) is 0 Å². The molecule has 0 spiro atoms. The van der Waals surface area contributed by atoms with Gasteiger partial charge >= 0.3 is 0 Å². The van der Waals surface area contributed by atoms with E-state index in [4.69, 9.17) is 4.74 Å². The van der Waals surface area contributed by atoms with E-state index >= 15 is 0 Å². The van der Waals surface area contributed by atoms with Gasteiger partial charge in [0.2, 0.25) is 5.91 Å². The van der Waals surface area contributed by atoms with Crippen LogP contribution in [-0.4, -0.2) is 43.7 Å². The Morgan fingerprint density at radius 3 is 2.70 bits per heavy atom. The standard InChI is InChI=1S/C26H34N2O2/c1-19-6-4-7-24(20(19)2)21-12-15-28(3,16-13-21)14-5-17-30-23-10-8-22-9-11-26(29)27-25(22)18-23/h4,6-8,10,18,21H,5,9,11-17H2,1-3H3/p+1. The molecule has 160 valence electrons. The highest BCUT2D eigenvalue weighted by Gasteiger charge is 2.31. The molecule has 30 heavy (non-hydrogen) atoms. The van der Waals surface area contributed by atoms with Crippen LogP contribution in [0.5, 0.6) is 5.75 Å². The van der Waals surface area contributed by atoms with Crippen LogP contribution >= 0.6 is 0 Å². The molecule has 2 aliphatic heterocycles. The Bertz CT molecular complexity index is 913. The maximum atomic E-state index is 11.6. The third-order valence-electron chi connectivity index (χ3n) is 7.21. The molecule has 2 aromatic rings. The fraction of sp³-hybridized carbons (Fsp3) is 0.500. The second-order valence-corrected chi connectivity index (χ2v) is 9.42. The molecule has 0 aliphatic carbocycles. The van der Waals surface area contributed by atoms with E-state index in [1.165, 1.54) is 42.6 Å². The molecular weight excluding hydrogens is 372 g/mol. The highest BCUT2D eigenvalue weighted by molar-refractivity contribution is 5.94. The number of ether oxygens (including phenoxy) is 1. The number of carbonyl (C=O) groups excluding carboxylic acids is 1. The number of hydrogen-bond acceptors (Lipinski definition) is 2. The van der Waals surface area contributed by atoms with Gasteiger partial charge in [-0.1, -0.05) is 24.3 Å². The van der Waals surface area contributed by atoms with E-state index in [9.17, 15) is 4.79 Å². The molecule has 1 N–H and O–H groups in total. The number of hydrogen-bond donors (Lipinski definition) is 1. The van der Waals surface area contributed by atoms with Gasteiger partial charge in [-0.15, -0.1) is 0 Å². The number of rotatable bonds is 6. The van der Waals surface area contributed by atoms with E-state index in [1.807, 2.05) is 12.1 Å². The zero-order valence-corrected chi connectivity index (χ0v) is 18.7. The molecule has 4 rings (SSSR count). The molecule has 2 aromatic carbocycles. The number of piperidine rings is 1. The normalized spacial score (nSPS) is 23.6. The van der Waals surface area contributed by atoms with Crippen molar-refractivity contribution < 1.29 is 14.0 Å². The van der Waals surface area contributed by atoms with Gasteiger partial charge in [-0.05, 0) is 54.5 Å². The summed E-state index contributed by atoms with van der Waals surface area (Å²) in [5.74, 6) is 1.66. The summed E-state index contributed by atoms with van der Waals surface area (Å²) >= 11 is 0. The molecule has 0 atom stereocenters. The number of aryl methyl sites for hydroxylation is 2. The van der Waals surface area contributed by atoms with Crippen molar-refractivity contribution in [3.05, 3.63) is 58.7 Å². The van der Waals surface area contributed by atoms with Gasteiger partial charge < -0.3 is 14.5 Å². The molecule has 0 bridgehead atoms. The van der Waals surface area contributed by atoms with Gasteiger partial charge in [0.05, 0.1) is 33.3 Å². The van der Waals surface area contributed by atoms with Crippen molar-refractivity contribution in [1.29, 1.82) is 0 Å². The predicted octanol–water partition coefficient (Wildman–Crippen LogP) is 4.98. The lowest BCUT2D eigenvalue weighted by Gasteiger charge is -2.41. The molecular formula is C26H35N2O2+. The largest absolute Gasteiger partial charge is 0.493 e. The number of nitrogens with one attached hydrogen (secondary N) is 1. The number of carbonyl (C=O) groups is 1. The number of fused-ring (bicyclic) bond motifs is 1. The SMILES string of the molecule is Cc1cccc(C2CC[N+](C)(CCCOc3ccc4c(c3)NC(=O)CC4)CC2)c1C. The maximum Gasteiger partial charge on any atom is 0.224 e. The van der Waals surface area contributed by atoms with Gasteiger partial charge in [-0.3, -0.25) is 4.79 Å². The molecule has 1 saturated heterocycles. The number of nitrogens with zero attached hydrogens (tertiary/aromatic N) is 1. The number of quaternary nitrogens is 1. The van der Waals surface area contributed by atoms with Crippen molar-refractivity contribution in [2.45, 2.75) is 51.9 Å². The molecule has 1 fully saturated rings. The second kappa shape index (κ2) is 8.81. The molecule has 0 saturated carbocycles. The third kappa shape index (κ3) is 4.70. The predicted molar refractivity (Wildman–Crippen MR) is 122 cm³/mol. The van der Waals surface area contributed by atoms with Crippen LogP contribution in [0, 0.1) is 13.8 Å². The van der Waals surface area contributed by atoms with Crippen molar-refractivity contribution in [2.24, 2.45) is 0 Å². The minimum absolute atomic E-state index is 0.0985. The summed E-state index contributed by atoms with van der Waals surface area (Å²) in [6.07, 6.45) is 4.99. The lowest BCUT2D eigenvalue weighted by atomic mass is 9.85. The van der Waals surface area contributed by atoms with Crippen LogP contribution in [-0.2, 0) is 11.2 Å². The van der Waals surface area contributed by atoms with Crippen LogP contribution in [0.2, 0.25) is 0 Å². The summed E-state index contributed by atoms with van der Waals surface area (Å²) in [7, 11) is 2.40. The molecule has 4 heteroatoms. The maximum absolute atomic E-state index is 11.6. The van der Waals surface area contributed by atoms with Gasteiger partial charge in [0.25, 0.3) is 0 Å². The molecule has 0 radical (unpaired) electrons. The zero-order valence-electron chi connectivity index (χ0n) is 18.7.